The topological polar surface area (TPSA) is 37.4 Å². The summed E-state index contributed by atoms with van der Waals surface area (Å²) in [5, 5.41) is 0.641. The van der Waals surface area contributed by atoms with Crippen LogP contribution in [0, 0.1) is 0 Å². The number of aryl methyl sites for hydroxylation is 1. The Morgan fingerprint density at radius 1 is 1.12 bits per heavy atom. The average molecular weight is 378 g/mol. The van der Waals surface area contributed by atoms with Gasteiger partial charge in [-0.2, -0.15) is 0 Å². The van der Waals surface area contributed by atoms with Gasteiger partial charge in [0.1, 0.15) is 0 Å². The number of carbonyl (C=O) groups excluding carboxylic acids is 2. The largest absolute Gasteiger partial charge is 0.298 e. The smallest absolute Gasteiger partial charge is 0.268 e. The van der Waals surface area contributed by atoms with Gasteiger partial charge in [-0.25, -0.2) is 4.90 Å². The highest BCUT2D eigenvalue weighted by Gasteiger charge is 2.37. The molecule has 0 aromatic heterocycles. The van der Waals surface area contributed by atoms with Gasteiger partial charge in [-0.1, -0.05) is 54.4 Å². The zero-order chi connectivity index (χ0) is 17.3. The number of amides is 2. The number of carbonyl (C=O) groups is 2. The second-order valence-electron chi connectivity index (χ2n) is 5.17. The summed E-state index contributed by atoms with van der Waals surface area (Å²) in [5.74, 6) is -0.336. The molecule has 1 aliphatic rings. The fraction of sp³-hybridized carbons (Fsp3) is 0.111. The SMILES string of the molecule is CCc1ccccc1N1C(=O)S/C(=C\c2ccc(Cl)cc2Cl)C1=O. The summed E-state index contributed by atoms with van der Waals surface area (Å²) in [6.07, 6.45) is 2.36. The molecule has 0 aliphatic carbocycles. The fourth-order valence-corrected chi connectivity index (χ4v) is 3.75. The molecular weight excluding hydrogens is 365 g/mol. The molecular formula is C18H13Cl2NO2S. The van der Waals surface area contributed by atoms with Crippen molar-refractivity contribution in [3.05, 3.63) is 68.5 Å². The fourth-order valence-electron chi connectivity index (χ4n) is 2.46. The Kier molecular flexibility index (Phi) is 4.99. The van der Waals surface area contributed by atoms with Crippen LogP contribution in [-0.2, 0) is 11.2 Å². The normalized spacial score (nSPS) is 16.3. The van der Waals surface area contributed by atoms with Gasteiger partial charge < -0.3 is 0 Å². The molecule has 24 heavy (non-hydrogen) atoms. The van der Waals surface area contributed by atoms with Crippen molar-refractivity contribution in [3.8, 4) is 0 Å². The van der Waals surface area contributed by atoms with Crippen LogP contribution in [-0.4, -0.2) is 11.1 Å². The number of imide groups is 1. The maximum Gasteiger partial charge on any atom is 0.298 e. The minimum Gasteiger partial charge on any atom is -0.268 e. The maximum absolute atomic E-state index is 12.7. The van der Waals surface area contributed by atoms with Gasteiger partial charge in [-0.3, -0.25) is 9.59 Å². The lowest BCUT2D eigenvalue weighted by Crippen LogP contribution is -2.28. The van der Waals surface area contributed by atoms with Crippen LogP contribution < -0.4 is 4.90 Å². The molecule has 2 amide bonds. The molecule has 0 saturated carbocycles. The number of para-hydroxylation sites is 1. The molecule has 2 aromatic carbocycles. The molecule has 1 saturated heterocycles. The van der Waals surface area contributed by atoms with Crippen LogP contribution in [0.25, 0.3) is 6.08 Å². The van der Waals surface area contributed by atoms with Gasteiger partial charge in [0.2, 0.25) is 0 Å². The molecule has 0 radical (unpaired) electrons. The van der Waals surface area contributed by atoms with E-state index >= 15 is 0 Å². The van der Waals surface area contributed by atoms with E-state index < -0.39 is 0 Å². The van der Waals surface area contributed by atoms with Crippen LogP contribution >= 0.6 is 35.0 Å². The lowest BCUT2D eigenvalue weighted by molar-refractivity contribution is -0.113. The van der Waals surface area contributed by atoms with E-state index in [2.05, 4.69) is 0 Å². The highest BCUT2D eigenvalue weighted by molar-refractivity contribution is 8.19. The molecule has 3 nitrogen and oxygen atoms in total. The Balaban J connectivity index is 1.99. The Hall–Kier alpha value is -1.75. The van der Waals surface area contributed by atoms with Crippen molar-refractivity contribution in [2.75, 3.05) is 4.90 Å². The molecule has 0 spiro atoms. The molecule has 0 bridgehead atoms. The third kappa shape index (κ3) is 3.22. The average Bonchev–Trinajstić information content (AvgIpc) is 2.84. The zero-order valence-electron chi connectivity index (χ0n) is 12.8. The molecule has 6 heteroatoms. The number of benzene rings is 2. The minimum atomic E-state index is -0.336. The Bertz CT molecular complexity index is 864. The van der Waals surface area contributed by atoms with Crippen LogP contribution in [0.2, 0.25) is 10.0 Å². The molecule has 1 aliphatic heterocycles. The summed E-state index contributed by atoms with van der Waals surface area (Å²) in [6, 6.07) is 12.4. The Morgan fingerprint density at radius 3 is 2.58 bits per heavy atom. The molecule has 1 fully saturated rings. The first kappa shape index (κ1) is 17.1. The first-order valence-electron chi connectivity index (χ1n) is 7.32. The van der Waals surface area contributed by atoms with Gasteiger partial charge in [0.15, 0.2) is 0 Å². The van der Waals surface area contributed by atoms with E-state index in [0.717, 1.165) is 23.7 Å². The van der Waals surface area contributed by atoms with E-state index in [1.807, 2.05) is 25.1 Å². The van der Waals surface area contributed by atoms with Crippen molar-refractivity contribution in [1.82, 2.24) is 0 Å². The summed E-state index contributed by atoms with van der Waals surface area (Å²) < 4.78 is 0. The number of anilines is 1. The molecule has 122 valence electrons. The first-order chi connectivity index (χ1) is 11.5. The van der Waals surface area contributed by atoms with Gasteiger partial charge >= 0.3 is 0 Å². The second kappa shape index (κ2) is 7.01. The van der Waals surface area contributed by atoms with Crippen molar-refractivity contribution in [3.63, 3.8) is 0 Å². The van der Waals surface area contributed by atoms with Crippen molar-refractivity contribution < 1.29 is 9.59 Å². The van der Waals surface area contributed by atoms with Gasteiger partial charge in [-0.05, 0) is 53.6 Å². The third-order valence-electron chi connectivity index (χ3n) is 3.66. The lowest BCUT2D eigenvalue weighted by Gasteiger charge is -2.16. The summed E-state index contributed by atoms with van der Waals surface area (Å²) >= 11 is 12.9. The quantitative estimate of drug-likeness (QED) is 0.634. The van der Waals surface area contributed by atoms with E-state index in [9.17, 15) is 9.59 Å². The van der Waals surface area contributed by atoms with E-state index in [1.54, 1.807) is 30.3 Å². The molecule has 0 N–H and O–H groups in total. The molecule has 2 aromatic rings. The molecule has 0 unspecified atom stereocenters. The summed E-state index contributed by atoms with van der Waals surface area (Å²) in [5.41, 5.74) is 2.23. The third-order valence-corrected chi connectivity index (χ3v) is 5.09. The van der Waals surface area contributed by atoms with E-state index in [-0.39, 0.29) is 11.1 Å². The molecule has 1 heterocycles. The number of hydrogen-bond acceptors (Lipinski definition) is 3. The summed E-state index contributed by atoms with van der Waals surface area (Å²) in [7, 11) is 0. The summed E-state index contributed by atoms with van der Waals surface area (Å²) in [6.45, 7) is 1.99. The summed E-state index contributed by atoms with van der Waals surface area (Å²) in [4.78, 5) is 26.6. The Morgan fingerprint density at radius 2 is 1.88 bits per heavy atom. The van der Waals surface area contributed by atoms with Crippen LogP contribution in [0.5, 0.6) is 0 Å². The number of halogens is 2. The predicted octanol–water partition coefficient (Wildman–Crippen LogP) is 5.80. The van der Waals surface area contributed by atoms with E-state index in [4.69, 9.17) is 23.2 Å². The number of rotatable bonds is 3. The van der Waals surface area contributed by atoms with Crippen LogP contribution in [0.3, 0.4) is 0 Å². The number of thioether (sulfide) groups is 1. The number of nitrogens with zero attached hydrogens (tertiary/aromatic N) is 1. The lowest BCUT2D eigenvalue weighted by atomic mass is 10.1. The molecule has 3 rings (SSSR count). The van der Waals surface area contributed by atoms with Crippen molar-refractivity contribution in [2.45, 2.75) is 13.3 Å². The maximum atomic E-state index is 12.7. The zero-order valence-corrected chi connectivity index (χ0v) is 15.1. The van der Waals surface area contributed by atoms with Gasteiger partial charge in [0.05, 0.1) is 10.6 Å². The number of hydrogen-bond donors (Lipinski definition) is 0. The van der Waals surface area contributed by atoms with Gasteiger partial charge in [0.25, 0.3) is 11.1 Å². The van der Waals surface area contributed by atoms with Crippen molar-refractivity contribution in [2.24, 2.45) is 0 Å². The molecule has 0 atom stereocenters. The minimum absolute atomic E-state index is 0.308. The van der Waals surface area contributed by atoms with Crippen LogP contribution in [0.4, 0.5) is 10.5 Å². The van der Waals surface area contributed by atoms with Crippen LogP contribution in [0.1, 0.15) is 18.1 Å². The van der Waals surface area contributed by atoms with Gasteiger partial charge in [0, 0.05) is 10.0 Å². The second-order valence-corrected chi connectivity index (χ2v) is 7.00. The monoisotopic (exact) mass is 377 g/mol. The standard InChI is InChI=1S/C18H13Cl2NO2S/c1-2-11-5-3-4-6-15(11)21-17(22)16(24-18(21)23)9-12-7-8-13(19)10-14(12)20/h3-10H,2H2,1H3/b16-9-. The predicted molar refractivity (Wildman–Crippen MR) is 101 cm³/mol. The highest BCUT2D eigenvalue weighted by atomic mass is 35.5. The Labute approximate surface area is 154 Å². The first-order valence-corrected chi connectivity index (χ1v) is 8.89. The highest BCUT2D eigenvalue weighted by Crippen LogP contribution is 2.38. The van der Waals surface area contributed by atoms with Crippen molar-refractivity contribution >= 4 is 57.9 Å². The van der Waals surface area contributed by atoms with Gasteiger partial charge in [-0.15, -0.1) is 0 Å². The van der Waals surface area contributed by atoms with Crippen molar-refractivity contribution in [1.29, 1.82) is 0 Å². The van der Waals surface area contributed by atoms with E-state index in [1.165, 1.54) is 4.90 Å². The van der Waals surface area contributed by atoms with E-state index in [0.29, 0.717) is 26.2 Å². The van der Waals surface area contributed by atoms with Crippen LogP contribution in [0.15, 0.2) is 47.4 Å².